The van der Waals surface area contributed by atoms with Gasteiger partial charge in [-0.2, -0.15) is 0 Å². The second-order valence-electron chi connectivity index (χ2n) is 7.78. The molecule has 8 heteroatoms. The van der Waals surface area contributed by atoms with Crippen molar-refractivity contribution in [3.63, 3.8) is 0 Å². The highest BCUT2D eigenvalue weighted by Gasteiger charge is 2.38. The number of nitrogens with one attached hydrogen (secondary N) is 2. The van der Waals surface area contributed by atoms with Crippen molar-refractivity contribution >= 4 is 40.0 Å². The van der Waals surface area contributed by atoms with Gasteiger partial charge in [-0.1, -0.05) is 11.6 Å². The smallest absolute Gasteiger partial charge is 0.262 e. The second kappa shape index (κ2) is 7.74. The first-order valence-corrected chi connectivity index (χ1v) is 10.4. The van der Waals surface area contributed by atoms with Crippen LogP contribution < -0.4 is 20.3 Å². The highest BCUT2D eigenvalue weighted by molar-refractivity contribution is 6.30. The van der Waals surface area contributed by atoms with Crippen molar-refractivity contribution < 1.29 is 9.53 Å². The summed E-state index contributed by atoms with van der Waals surface area (Å²) in [5.74, 6) is 1.15. The number of amides is 1. The molecule has 5 rings (SSSR count). The number of benzene rings is 2. The van der Waals surface area contributed by atoms with Gasteiger partial charge in [0.1, 0.15) is 5.75 Å². The van der Waals surface area contributed by atoms with Crippen LogP contribution in [0, 0.1) is 6.92 Å². The monoisotopic (exact) mass is 423 g/mol. The fourth-order valence-corrected chi connectivity index (χ4v) is 4.28. The normalized spacial score (nSPS) is 20.0. The molecule has 0 radical (unpaired) electrons. The number of ether oxygens (including phenoxy) is 1. The van der Waals surface area contributed by atoms with E-state index in [0.717, 1.165) is 42.1 Å². The maximum absolute atomic E-state index is 12.3. The van der Waals surface area contributed by atoms with Gasteiger partial charge < -0.3 is 20.3 Å². The van der Waals surface area contributed by atoms with Crippen LogP contribution in [0.15, 0.2) is 42.5 Å². The van der Waals surface area contributed by atoms with Crippen molar-refractivity contribution in [1.82, 2.24) is 15.3 Å². The lowest BCUT2D eigenvalue weighted by Gasteiger charge is -2.27. The van der Waals surface area contributed by atoms with E-state index in [1.807, 2.05) is 25.1 Å². The summed E-state index contributed by atoms with van der Waals surface area (Å²) in [4.78, 5) is 24.1. The van der Waals surface area contributed by atoms with Crippen LogP contribution in [0.1, 0.15) is 12.1 Å². The summed E-state index contributed by atoms with van der Waals surface area (Å²) in [5, 5.41) is 7.92. The van der Waals surface area contributed by atoms with Crippen LogP contribution in [0.2, 0.25) is 5.02 Å². The third kappa shape index (κ3) is 3.78. The summed E-state index contributed by atoms with van der Waals surface area (Å²) < 4.78 is 5.50. The molecule has 2 aliphatic rings. The van der Waals surface area contributed by atoms with E-state index in [2.05, 4.69) is 15.5 Å². The molecule has 7 nitrogen and oxygen atoms in total. The minimum absolute atomic E-state index is 0.0837. The molecule has 0 spiro atoms. The van der Waals surface area contributed by atoms with E-state index in [4.69, 9.17) is 26.3 Å². The number of aromatic nitrogens is 2. The average molecular weight is 424 g/mol. The molecule has 2 saturated heterocycles. The van der Waals surface area contributed by atoms with Crippen molar-refractivity contribution in [3.8, 4) is 5.75 Å². The first-order chi connectivity index (χ1) is 14.5. The molecule has 2 aromatic carbocycles. The molecule has 2 N–H and O–H groups in total. The number of aryl methyl sites for hydroxylation is 1. The lowest BCUT2D eigenvalue weighted by molar-refractivity contribution is -0.118. The maximum Gasteiger partial charge on any atom is 0.262 e. The molecule has 1 amide bonds. The Kier molecular flexibility index (Phi) is 4.92. The van der Waals surface area contributed by atoms with Gasteiger partial charge in [0, 0.05) is 41.3 Å². The molecule has 0 aliphatic carbocycles. The van der Waals surface area contributed by atoms with Gasteiger partial charge in [0.05, 0.1) is 11.2 Å². The van der Waals surface area contributed by atoms with E-state index >= 15 is 0 Å². The van der Waals surface area contributed by atoms with Gasteiger partial charge in [-0.05, 0) is 55.8 Å². The average Bonchev–Trinajstić information content (AvgIpc) is 3.37. The van der Waals surface area contributed by atoms with Crippen molar-refractivity contribution in [2.75, 3.05) is 29.9 Å². The van der Waals surface area contributed by atoms with E-state index < -0.39 is 0 Å². The quantitative estimate of drug-likeness (QED) is 0.656. The summed E-state index contributed by atoms with van der Waals surface area (Å²) >= 11 is 5.85. The summed E-state index contributed by atoms with van der Waals surface area (Å²) in [5.41, 5.74) is 2.47. The summed E-state index contributed by atoms with van der Waals surface area (Å²) in [7, 11) is 0. The standard InChI is InChI=1S/C22H22ClN5O2/c1-13-19-9-15(26-21(29)12-30-18-5-2-14(23)3-6-18)4-7-20(19)27-22(25-13)28-11-16-8-17(28)10-24-16/h2-7,9,16-17,24H,8,10-12H2,1H3,(H,26,29). The predicted octanol–water partition coefficient (Wildman–Crippen LogP) is 3.16. The van der Waals surface area contributed by atoms with E-state index in [1.54, 1.807) is 24.3 Å². The number of carbonyl (C=O) groups excluding carboxylic acids is 1. The zero-order valence-corrected chi connectivity index (χ0v) is 17.3. The second-order valence-corrected chi connectivity index (χ2v) is 8.22. The predicted molar refractivity (Wildman–Crippen MR) is 117 cm³/mol. The van der Waals surface area contributed by atoms with Crippen LogP contribution in [0.4, 0.5) is 11.6 Å². The van der Waals surface area contributed by atoms with Crippen LogP contribution >= 0.6 is 11.6 Å². The Bertz CT molecular complexity index is 1100. The number of hydrogen-bond donors (Lipinski definition) is 2. The van der Waals surface area contributed by atoms with Crippen LogP contribution in [0.3, 0.4) is 0 Å². The van der Waals surface area contributed by atoms with Gasteiger partial charge in [0.25, 0.3) is 5.91 Å². The largest absolute Gasteiger partial charge is 0.484 e. The van der Waals surface area contributed by atoms with Crippen LogP contribution in [0.25, 0.3) is 10.9 Å². The van der Waals surface area contributed by atoms with E-state index in [0.29, 0.717) is 28.5 Å². The van der Waals surface area contributed by atoms with Crippen molar-refractivity contribution in [2.45, 2.75) is 25.4 Å². The molecule has 2 fully saturated rings. The third-order valence-corrected chi connectivity index (χ3v) is 5.91. The molecule has 3 heterocycles. The molecule has 30 heavy (non-hydrogen) atoms. The van der Waals surface area contributed by atoms with Gasteiger partial charge in [0.2, 0.25) is 5.95 Å². The number of fused-ring (bicyclic) bond motifs is 3. The lowest BCUT2D eigenvalue weighted by atomic mass is 10.1. The highest BCUT2D eigenvalue weighted by Crippen LogP contribution is 2.29. The third-order valence-electron chi connectivity index (χ3n) is 5.66. The first-order valence-electron chi connectivity index (χ1n) is 10.0. The summed E-state index contributed by atoms with van der Waals surface area (Å²) in [6.45, 7) is 3.85. The number of halogens is 1. The highest BCUT2D eigenvalue weighted by atomic mass is 35.5. The number of hydrogen-bond acceptors (Lipinski definition) is 6. The van der Waals surface area contributed by atoms with Crippen LogP contribution in [-0.2, 0) is 4.79 Å². The topological polar surface area (TPSA) is 79.4 Å². The van der Waals surface area contributed by atoms with Gasteiger partial charge in [-0.3, -0.25) is 4.79 Å². The Morgan fingerprint density at radius 3 is 2.83 bits per heavy atom. The van der Waals surface area contributed by atoms with Crippen LogP contribution in [-0.4, -0.2) is 47.7 Å². The van der Waals surface area contributed by atoms with Gasteiger partial charge in [-0.15, -0.1) is 0 Å². The van der Waals surface area contributed by atoms with Crippen LogP contribution in [0.5, 0.6) is 5.75 Å². The molecular weight excluding hydrogens is 402 g/mol. The summed E-state index contributed by atoms with van der Waals surface area (Å²) in [6.07, 6.45) is 1.16. The van der Waals surface area contributed by atoms with Gasteiger partial charge in [0.15, 0.2) is 6.61 Å². The number of piperazine rings is 1. The molecule has 3 aromatic rings. The Hall–Kier alpha value is -2.90. The minimum Gasteiger partial charge on any atom is -0.484 e. The first kappa shape index (κ1) is 19.1. The Morgan fingerprint density at radius 2 is 2.10 bits per heavy atom. The number of anilines is 2. The maximum atomic E-state index is 12.3. The van der Waals surface area contributed by atoms with E-state index in [1.165, 1.54) is 0 Å². The van der Waals surface area contributed by atoms with Crippen molar-refractivity contribution in [1.29, 1.82) is 0 Å². The Labute approximate surface area is 179 Å². The molecular formula is C22H22ClN5O2. The lowest BCUT2D eigenvalue weighted by Crippen LogP contribution is -2.44. The molecule has 2 unspecified atom stereocenters. The SMILES string of the molecule is Cc1nc(N2CC3CC2CN3)nc2ccc(NC(=O)COc3ccc(Cl)cc3)cc12. The molecule has 2 bridgehead atoms. The van der Waals surface area contributed by atoms with Gasteiger partial charge >= 0.3 is 0 Å². The van der Waals surface area contributed by atoms with E-state index in [9.17, 15) is 4.79 Å². The van der Waals surface area contributed by atoms with Crippen molar-refractivity contribution in [3.05, 3.63) is 53.2 Å². The molecule has 2 aliphatic heterocycles. The zero-order valence-electron chi connectivity index (χ0n) is 16.6. The molecule has 1 aromatic heterocycles. The number of rotatable bonds is 5. The molecule has 0 saturated carbocycles. The molecule has 2 atom stereocenters. The summed E-state index contributed by atoms with van der Waals surface area (Å²) in [6, 6.07) is 13.6. The zero-order chi connectivity index (χ0) is 20.7. The molecule has 154 valence electrons. The minimum atomic E-state index is -0.236. The number of nitrogens with zero attached hydrogens (tertiary/aromatic N) is 3. The number of carbonyl (C=O) groups is 1. The van der Waals surface area contributed by atoms with Gasteiger partial charge in [-0.25, -0.2) is 9.97 Å². The fraction of sp³-hybridized carbons (Fsp3) is 0.318. The Balaban J connectivity index is 1.28. The van der Waals surface area contributed by atoms with E-state index in [-0.39, 0.29) is 12.5 Å². The Morgan fingerprint density at radius 1 is 1.27 bits per heavy atom. The fourth-order valence-electron chi connectivity index (χ4n) is 4.16. The van der Waals surface area contributed by atoms with Crippen molar-refractivity contribution in [2.24, 2.45) is 0 Å².